The third kappa shape index (κ3) is 1.47. The number of imidazole rings is 1. The van der Waals surface area contributed by atoms with Crippen LogP contribution in [0.15, 0.2) is 22.7 Å². The highest BCUT2D eigenvalue weighted by atomic mass is 79.9. The largest absolute Gasteiger partial charge is 0.331 e. The Kier molecular flexibility index (Phi) is 2.11. The molecule has 1 unspecified atom stereocenters. The highest BCUT2D eigenvalue weighted by molar-refractivity contribution is 9.10. The van der Waals surface area contributed by atoms with Crippen molar-refractivity contribution in [3.63, 3.8) is 0 Å². The first-order chi connectivity index (χ1) is 7.49. The van der Waals surface area contributed by atoms with Gasteiger partial charge in [0.2, 0.25) is 0 Å². The molecule has 1 N–H and O–H groups in total. The van der Waals surface area contributed by atoms with Crippen molar-refractivity contribution in [1.82, 2.24) is 9.55 Å². The minimum absolute atomic E-state index is 0.385. The first-order valence-electron chi connectivity index (χ1n) is 5.39. The lowest BCUT2D eigenvalue weighted by Crippen LogP contribution is -2.00. The minimum Gasteiger partial charge on any atom is -0.331 e. The number of rotatable bonds is 1. The van der Waals surface area contributed by atoms with E-state index in [1.807, 2.05) is 6.07 Å². The third-order valence-electron chi connectivity index (χ3n) is 3.45. The average Bonchev–Trinajstić information content (AvgIpc) is 2.68. The lowest BCUT2D eigenvalue weighted by atomic mass is 10.2. The zero-order chi connectivity index (χ0) is 11.5. The van der Waals surface area contributed by atoms with Crippen LogP contribution in [0.3, 0.4) is 0 Å². The van der Waals surface area contributed by atoms with Crippen molar-refractivity contribution in [2.24, 2.45) is 5.41 Å². The van der Waals surface area contributed by atoms with E-state index in [1.54, 1.807) is 0 Å². The summed E-state index contributed by atoms with van der Waals surface area (Å²) in [6, 6.07) is 6.79. The van der Waals surface area contributed by atoms with Gasteiger partial charge in [-0.2, -0.15) is 0 Å². The van der Waals surface area contributed by atoms with Crippen molar-refractivity contribution >= 4 is 39.2 Å². The molecule has 0 spiro atoms. The van der Waals surface area contributed by atoms with Gasteiger partial charge in [0.05, 0.1) is 11.0 Å². The molecule has 1 aliphatic carbocycles. The van der Waals surface area contributed by atoms with Crippen molar-refractivity contribution in [2.45, 2.75) is 26.3 Å². The van der Waals surface area contributed by atoms with Crippen LogP contribution in [0, 0.1) is 10.2 Å². The Labute approximate surface area is 108 Å². The van der Waals surface area contributed by atoms with Crippen LogP contribution in [0.2, 0.25) is 0 Å². The van der Waals surface area contributed by atoms with E-state index in [2.05, 4.69) is 51.5 Å². The SMILES string of the molecule is CC1(C)CC1n1c(=S)[nH]c2ccc(Br)cc21. The summed E-state index contributed by atoms with van der Waals surface area (Å²) in [5, 5.41) is 0. The first kappa shape index (κ1) is 10.5. The van der Waals surface area contributed by atoms with Crippen molar-refractivity contribution in [3.05, 3.63) is 27.4 Å². The van der Waals surface area contributed by atoms with Crippen LogP contribution in [-0.4, -0.2) is 9.55 Å². The van der Waals surface area contributed by atoms with Crippen LogP contribution in [0.5, 0.6) is 0 Å². The maximum Gasteiger partial charge on any atom is 0.178 e. The lowest BCUT2D eigenvalue weighted by Gasteiger charge is -2.06. The number of halogens is 1. The number of benzene rings is 1. The van der Waals surface area contributed by atoms with Crippen molar-refractivity contribution < 1.29 is 0 Å². The molecule has 16 heavy (non-hydrogen) atoms. The smallest absolute Gasteiger partial charge is 0.178 e. The second-order valence-electron chi connectivity index (χ2n) is 5.17. The van der Waals surface area contributed by atoms with Crippen LogP contribution in [0.25, 0.3) is 11.0 Å². The predicted octanol–water partition coefficient (Wildman–Crippen LogP) is 4.43. The van der Waals surface area contributed by atoms with E-state index < -0.39 is 0 Å². The molecule has 1 aromatic carbocycles. The van der Waals surface area contributed by atoms with Gasteiger partial charge in [-0.25, -0.2) is 0 Å². The molecule has 2 nitrogen and oxygen atoms in total. The number of hydrogen-bond acceptors (Lipinski definition) is 1. The standard InChI is InChI=1S/C12H13BrN2S/c1-12(2)6-10(12)15-9-5-7(13)3-4-8(9)14-11(15)16/h3-5,10H,6H2,1-2H3,(H,14,16). The monoisotopic (exact) mass is 296 g/mol. The fourth-order valence-electron chi connectivity index (χ4n) is 2.28. The lowest BCUT2D eigenvalue weighted by molar-refractivity contribution is 0.546. The summed E-state index contributed by atoms with van der Waals surface area (Å²) in [6.07, 6.45) is 1.21. The first-order valence-corrected chi connectivity index (χ1v) is 6.59. The Bertz CT molecular complexity index is 623. The Balaban J connectivity index is 2.27. The number of nitrogens with zero attached hydrogens (tertiary/aromatic N) is 1. The van der Waals surface area contributed by atoms with Gasteiger partial charge < -0.3 is 9.55 Å². The van der Waals surface area contributed by atoms with E-state index in [9.17, 15) is 0 Å². The maximum atomic E-state index is 5.41. The van der Waals surface area contributed by atoms with Crippen LogP contribution < -0.4 is 0 Å². The van der Waals surface area contributed by atoms with E-state index in [1.165, 1.54) is 11.9 Å². The molecule has 0 aliphatic heterocycles. The minimum atomic E-state index is 0.385. The molecule has 3 rings (SSSR count). The van der Waals surface area contributed by atoms with Gasteiger partial charge in [0.15, 0.2) is 4.77 Å². The summed E-state index contributed by atoms with van der Waals surface area (Å²) in [5.74, 6) is 0. The molecule has 0 amide bonds. The van der Waals surface area contributed by atoms with Crippen molar-refractivity contribution in [3.8, 4) is 0 Å². The zero-order valence-electron chi connectivity index (χ0n) is 9.25. The molecule has 1 fully saturated rings. The Hall–Kier alpha value is -0.610. The van der Waals surface area contributed by atoms with Gasteiger partial charge in [-0.05, 0) is 42.3 Å². The van der Waals surface area contributed by atoms with Crippen molar-refractivity contribution in [1.29, 1.82) is 0 Å². The predicted molar refractivity (Wildman–Crippen MR) is 72.3 cm³/mol. The summed E-state index contributed by atoms with van der Waals surface area (Å²) in [5.41, 5.74) is 2.71. The summed E-state index contributed by atoms with van der Waals surface area (Å²) < 4.78 is 4.19. The molecular formula is C12H13BrN2S. The number of H-pyrrole nitrogens is 1. The van der Waals surface area contributed by atoms with Crippen LogP contribution in [0.4, 0.5) is 0 Å². The fourth-order valence-corrected chi connectivity index (χ4v) is 2.97. The molecule has 2 aromatic rings. The Morgan fingerprint density at radius 3 is 2.81 bits per heavy atom. The van der Waals surface area contributed by atoms with Gasteiger partial charge in [0.1, 0.15) is 0 Å². The van der Waals surface area contributed by atoms with Gasteiger partial charge in [-0.15, -0.1) is 0 Å². The van der Waals surface area contributed by atoms with Crippen LogP contribution >= 0.6 is 28.1 Å². The van der Waals surface area contributed by atoms with Gasteiger partial charge >= 0.3 is 0 Å². The number of aromatic amines is 1. The molecule has 0 bridgehead atoms. The highest BCUT2D eigenvalue weighted by Crippen LogP contribution is 2.56. The molecular weight excluding hydrogens is 284 g/mol. The fraction of sp³-hybridized carbons (Fsp3) is 0.417. The molecule has 4 heteroatoms. The molecule has 1 saturated carbocycles. The topological polar surface area (TPSA) is 20.7 Å². The summed E-state index contributed by atoms with van der Waals surface area (Å²) in [6.45, 7) is 4.58. The summed E-state index contributed by atoms with van der Waals surface area (Å²) in [7, 11) is 0. The second kappa shape index (κ2) is 3.20. The number of nitrogens with one attached hydrogen (secondary N) is 1. The van der Waals surface area contributed by atoms with Gasteiger partial charge in [0, 0.05) is 10.5 Å². The molecule has 1 atom stereocenters. The van der Waals surface area contributed by atoms with Crippen molar-refractivity contribution in [2.75, 3.05) is 0 Å². The number of hydrogen-bond donors (Lipinski definition) is 1. The van der Waals surface area contributed by atoms with E-state index in [0.717, 1.165) is 14.8 Å². The second-order valence-corrected chi connectivity index (χ2v) is 6.47. The molecule has 0 saturated heterocycles. The van der Waals surface area contributed by atoms with E-state index >= 15 is 0 Å². The molecule has 1 aromatic heterocycles. The Morgan fingerprint density at radius 2 is 2.19 bits per heavy atom. The van der Waals surface area contributed by atoms with Gasteiger partial charge in [-0.1, -0.05) is 29.8 Å². The number of fused-ring (bicyclic) bond motifs is 1. The van der Waals surface area contributed by atoms with E-state index in [0.29, 0.717) is 11.5 Å². The number of aromatic nitrogens is 2. The molecule has 84 valence electrons. The van der Waals surface area contributed by atoms with E-state index in [4.69, 9.17) is 12.2 Å². The summed E-state index contributed by atoms with van der Waals surface area (Å²) in [4.78, 5) is 3.27. The molecule has 1 heterocycles. The molecule has 1 aliphatic rings. The van der Waals surface area contributed by atoms with Crippen LogP contribution in [0.1, 0.15) is 26.3 Å². The summed E-state index contributed by atoms with van der Waals surface area (Å²) >= 11 is 8.92. The van der Waals surface area contributed by atoms with Crippen LogP contribution in [-0.2, 0) is 0 Å². The average molecular weight is 297 g/mol. The molecule has 0 radical (unpaired) electrons. The quantitative estimate of drug-likeness (QED) is 0.772. The van der Waals surface area contributed by atoms with E-state index in [-0.39, 0.29) is 0 Å². The third-order valence-corrected chi connectivity index (χ3v) is 4.24. The zero-order valence-corrected chi connectivity index (χ0v) is 11.7. The maximum absolute atomic E-state index is 5.41. The van der Waals surface area contributed by atoms with Gasteiger partial charge in [0.25, 0.3) is 0 Å². The Morgan fingerprint density at radius 1 is 1.50 bits per heavy atom. The normalized spacial score (nSPS) is 22.6. The highest BCUT2D eigenvalue weighted by Gasteiger charge is 2.47. The van der Waals surface area contributed by atoms with Gasteiger partial charge in [-0.3, -0.25) is 0 Å².